The summed E-state index contributed by atoms with van der Waals surface area (Å²) in [6.45, 7) is 1.35. The highest BCUT2D eigenvalue weighted by molar-refractivity contribution is 8.00. The molecule has 0 atom stereocenters. The van der Waals surface area contributed by atoms with E-state index in [1.807, 2.05) is 36.4 Å². The summed E-state index contributed by atoms with van der Waals surface area (Å²) in [6, 6.07) is 14.8. The van der Waals surface area contributed by atoms with Crippen LogP contribution >= 0.6 is 23.4 Å². The highest BCUT2D eigenvalue weighted by atomic mass is 35.5. The van der Waals surface area contributed by atoms with E-state index in [1.54, 1.807) is 31.2 Å². The van der Waals surface area contributed by atoms with E-state index in [2.05, 4.69) is 5.32 Å². The molecule has 0 saturated carbocycles. The number of methoxy groups -OCH3 is 1. The van der Waals surface area contributed by atoms with Gasteiger partial charge in [-0.1, -0.05) is 41.9 Å². The van der Waals surface area contributed by atoms with Crippen molar-refractivity contribution >= 4 is 35.2 Å². The maximum Gasteiger partial charge on any atom is 0.255 e. The second-order valence-electron chi connectivity index (χ2n) is 5.88. The number of nitrogens with zero attached hydrogens (tertiary/aromatic N) is 1. The summed E-state index contributed by atoms with van der Waals surface area (Å²) >= 11 is 7.53. The number of halogens is 1. The lowest BCUT2D eigenvalue weighted by Gasteiger charge is -2.19. The van der Waals surface area contributed by atoms with Crippen LogP contribution in [0.2, 0.25) is 5.02 Å². The van der Waals surface area contributed by atoms with E-state index in [1.165, 1.54) is 11.8 Å². The molecule has 0 radical (unpaired) electrons. The molecule has 0 bridgehead atoms. The summed E-state index contributed by atoms with van der Waals surface area (Å²) in [6.07, 6.45) is 0. The molecule has 0 fully saturated rings. The molecule has 0 aliphatic rings. The van der Waals surface area contributed by atoms with Crippen LogP contribution in [0.3, 0.4) is 0 Å². The van der Waals surface area contributed by atoms with Crippen molar-refractivity contribution in [2.45, 2.75) is 11.4 Å². The van der Waals surface area contributed by atoms with Crippen LogP contribution in [0.1, 0.15) is 15.9 Å². The van der Waals surface area contributed by atoms with Crippen LogP contribution in [0.15, 0.2) is 53.4 Å². The Bertz CT molecular complexity index is 785. The Balaban J connectivity index is 2.02. The molecule has 5 nitrogen and oxygen atoms in total. The van der Waals surface area contributed by atoms with Crippen LogP contribution in [0.5, 0.6) is 0 Å². The first kappa shape index (κ1) is 21.3. The van der Waals surface area contributed by atoms with Gasteiger partial charge in [0.25, 0.3) is 5.91 Å². The number of nitrogens with one attached hydrogen (secondary N) is 1. The van der Waals surface area contributed by atoms with Crippen molar-refractivity contribution in [2.24, 2.45) is 0 Å². The van der Waals surface area contributed by atoms with Crippen LogP contribution in [-0.4, -0.2) is 49.8 Å². The van der Waals surface area contributed by atoms with Crippen LogP contribution < -0.4 is 5.32 Å². The quantitative estimate of drug-likeness (QED) is 0.511. The van der Waals surface area contributed by atoms with Gasteiger partial charge in [-0.05, 0) is 23.8 Å². The average molecular weight is 407 g/mol. The lowest BCUT2D eigenvalue weighted by Crippen LogP contribution is -2.29. The van der Waals surface area contributed by atoms with Gasteiger partial charge in [0.2, 0.25) is 5.91 Å². The van der Waals surface area contributed by atoms with Gasteiger partial charge in [0.15, 0.2) is 0 Å². The Kier molecular flexibility index (Phi) is 8.64. The molecule has 27 heavy (non-hydrogen) atoms. The predicted molar refractivity (Wildman–Crippen MR) is 109 cm³/mol. The second-order valence-corrected chi connectivity index (χ2v) is 7.30. The Morgan fingerprint density at radius 1 is 1.15 bits per heavy atom. The first-order valence-corrected chi connectivity index (χ1v) is 9.85. The average Bonchev–Trinajstić information content (AvgIpc) is 2.68. The molecule has 144 valence electrons. The third-order valence-corrected chi connectivity index (χ3v) is 5.26. The zero-order valence-corrected chi connectivity index (χ0v) is 17.0. The molecule has 0 aromatic heterocycles. The van der Waals surface area contributed by atoms with E-state index in [-0.39, 0.29) is 17.6 Å². The van der Waals surface area contributed by atoms with E-state index < -0.39 is 0 Å². The summed E-state index contributed by atoms with van der Waals surface area (Å²) in [4.78, 5) is 27.2. The Morgan fingerprint density at radius 2 is 1.85 bits per heavy atom. The van der Waals surface area contributed by atoms with Gasteiger partial charge >= 0.3 is 0 Å². The third kappa shape index (κ3) is 6.57. The van der Waals surface area contributed by atoms with Crippen molar-refractivity contribution in [3.8, 4) is 0 Å². The number of carbonyl (C=O) groups is 2. The number of thioether (sulfide) groups is 1. The van der Waals surface area contributed by atoms with Crippen molar-refractivity contribution < 1.29 is 14.3 Å². The number of amides is 2. The normalized spacial score (nSPS) is 10.5. The van der Waals surface area contributed by atoms with Crippen molar-refractivity contribution in [2.75, 3.05) is 33.1 Å². The zero-order chi connectivity index (χ0) is 19.6. The van der Waals surface area contributed by atoms with Gasteiger partial charge in [-0.3, -0.25) is 9.59 Å². The Morgan fingerprint density at radius 3 is 2.59 bits per heavy atom. The van der Waals surface area contributed by atoms with E-state index in [9.17, 15) is 9.59 Å². The highest BCUT2D eigenvalue weighted by Gasteiger charge is 2.17. The lowest BCUT2D eigenvalue weighted by atomic mass is 10.1. The molecule has 0 aliphatic heterocycles. The molecule has 0 heterocycles. The minimum absolute atomic E-state index is 0.0938. The van der Waals surface area contributed by atoms with Gasteiger partial charge in [-0.25, -0.2) is 0 Å². The lowest BCUT2D eigenvalue weighted by molar-refractivity contribution is -0.118. The van der Waals surface area contributed by atoms with Gasteiger partial charge in [0.05, 0.1) is 17.9 Å². The number of ether oxygens (including phenoxy) is 1. The fourth-order valence-corrected chi connectivity index (χ4v) is 3.49. The first-order valence-electron chi connectivity index (χ1n) is 8.49. The van der Waals surface area contributed by atoms with Crippen molar-refractivity contribution in [1.29, 1.82) is 0 Å². The zero-order valence-electron chi connectivity index (χ0n) is 15.4. The van der Waals surface area contributed by atoms with E-state index in [0.717, 1.165) is 10.5 Å². The molecule has 2 amide bonds. The second kappa shape index (κ2) is 11.0. The maximum absolute atomic E-state index is 12.9. The van der Waals surface area contributed by atoms with Gasteiger partial charge in [0.1, 0.15) is 0 Å². The molecule has 2 aromatic carbocycles. The molecular formula is C20H23ClN2O3S. The third-order valence-electron chi connectivity index (χ3n) is 3.82. The van der Waals surface area contributed by atoms with Gasteiger partial charge in [-0.15, -0.1) is 11.8 Å². The van der Waals surface area contributed by atoms with E-state index in [0.29, 0.717) is 30.3 Å². The van der Waals surface area contributed by atoms with Crippen LogP contribution in [0.4, 0.5) is 0 Å². The minimum atomic E-state index is -0.113. The minimum Gasteiger partial charge on any atom is -0.383 e. The van der Waals surface area contributed by atoms with E-state index >= 15 is 0 Å². The molecule has 7 heteroatoms. The van der Waals surface area contributed by atoms with Crippen molar-refractivity contribution in [3.05, 3.63) is 64.7 Å². The predicted octanol–water partition coefficient (Wildman–Crippen LogP) is 3.47. The summed E-state index contributed by atoms with van der Waals surface area (Å²) in [5.41, 5.74) is 1.46. The number of carbonyl (C=O) groups excluding carboxylic acids is 2. The topological polar surface area (TPSA) is 58.6 Å². The summed E-state index contributed by atoms with van der Waals surface area (Å²) < 4.78 is 4.91. The maximum atomic E-state index is 12.9. The largest absolute Gasteiger partial charge is 0.383 e. The molecule has 0 unspecified atom stereocenters. The summed E-state index contributed by atoms with van der Waals surface area (Å²) in [5.74, 6) is 0.0314. The summed E-state index contributed by atoms with van der Waals surface area (Å²) in [5, 5.41) is 3.40. The van der Waals surface area contributed by atoms with Crippen LogP contribution in [0.25, 0.3) is 0 Å². The van der Waals surface area contributed by atoms with Gasteiger partial charge in [0, 0.05) is 37.2 Å². The van der Waals surface area contributed by atoms with Gasteiger partial charge < -0.3 is 15.0 Å². The molecule has 1 N–H and O–H groups in total. The number of hydrogen-bond acceptors (Lipinski definition) is 4. The fraction of sp³-hybridized carbons (Fsp3) is 0.300. The Hall–Kier alpha value is -2.02. The first-order chi connectivity index (χ1) is 13.0. The SMILES string of the molecule is COCCNC(=O)CSc1ccccc1C(=O)N(C)Cc1ccccc1Cl. The number of benzene rings is 2. The fourth-order valence-electron chi connectivity index (χ4n) is 2.42. The Labute approximate surface area is 169 Å². The van der Waals surface area contributed by atoms with Gasteiger partial charge in [-0.2, -0.15) is 0 Å². The standard InChI is InChI=1S/C20H23ClN2O3S/c1-23(13-15-7-3-5-9-17(15)21)20(25)16-8-4-6-10-18(16)27-14-19(24)22-11-12-26-2/h3-10H,11-14H2,1-2H3,(H,22,24). The van der Waals surface area contributed by atoms with Crippen molar-refractivity contribution in [1.82, 2.24) is 10.2 Å². The monoisotopic (exact) mass is 406 g/mol. The molecule has 0 saturated heterocycles. The molecular weight excluding hydrogens is 384 g/mol. The molecule has 2 aromatic rings. The molecule has 2 rings (SSSR count). The van der Waals surface area contributed by atoms with Crippen LogP contribution in [0, 0.1) is 0 Å². The van der Waals surface area contributed by atoms with Crippen molar-refractivity contribution in [3.63, 3.8) is 0 Å². The highest BCUT2D eigenvalue weighted by Crippen LogP contribution is 2.24. The molecule has 0 spiro atoms. The number of hydrogen-bond donors (Lipinski definition) is 1. The van der Waals surface area contributed by atoms with E-state index in [4.69, 9.17) is 16.3 Å². The smallest absolute Gasteiger partial charge is 0.255 e. The number of rotatable bonds is 9. The summed E-state index contributed by atoms with van der Waals surface area (Å²) in [7, 11) is 3.33. The molecule has 0 aliphatic carbocycles. The van der Waals surface area contributed by atoms with Crippen LogP contribution in [-0.2, 0) is 16.1 Å².